The Balaban J connectivity index is 2.63. The molecule has 1 saturated heterocycles. The van der Waals surface area contributed by atoms with E-state index in [1.165, 1.54) is 6.92 Å². The first-order valence-electron chi connectivity index (χ1n) is 3.17. The van der Waals surface area contributed by atoms with Crippen LogP contribution in [-0.2, 0) is 4.79 Å². The van der Waals surface area contributed by atoms with Crippen molar-refractivity contribution >= 4 is 5.97 Å². The van der Waals surface area contributed by atoms with Gasteiger partial charge >= 0.3 is 5.97 Å². The van der Waals surface area contributed by atoms with E-state index in [-0.39, 0.29) is 13.0 Å². The normalized spacial score (nSPS) is 40.0. The zero-order valence-corrected chi connectivity index (χ0v) is 5.72. The number of hydrogen-bond acceptors (Lipinski definition) is 2. The van der Waals surface area contributed by atoms with Crippen LogP contribution in [0.2, 0.25) is 0 Å². The third-order valence-electron chi connectivity index (χ3n) is 1.82. The number of nitrogens with one attached hydrogen (secondary N) is 1. The van der Waals surface area contributed by atoms with Gasteiger partial charge in [0, 0.05) is 13.0 Å². The van der Waals surface area contributed by atoms with Crippen LogP contribution in [0.5, 0.6) is 0 Å². The summed E-state index contributed by atoms with van der Waals surface area (Å²) in [6.07, 6.45) is -0.941. The third-order valence-corrected chi connectivity index (χ3v) is 1.82. The lowest BCUT2D eigenvalue weighted by Gasteiger charge is -2.16. The monoisotopic (exact) mass is 147 g/mol. The highest BCUT2D eigenvalue weighted by atomic mass is 19.1. The molecule has 10 heavy (non-hydrogen) atoms. The molecule has 0 aromatic carbocycles. The molecule has 1 aliphatic rings. The molecule has 3 nitrogen and oxygen atoms in total. The number of carboxylic acid groups (broad SMARTS) is 1. The van der Waals surface area contributed by atoms with Crippen molar-refractivity contribution in [1.82, 2.24) is 5.32 Å². The van der Waals surface area contributed by atoms with E-state index >= 15 is 0 Å². The first-order valence-corrected chi connectivity index (χ1v) is 3.17. The average Bonchev–Trinajstić information content (AvgIpc) is 2.13. The van der Waals surface area contributed by atoms with Gasteiger partial charge < -0.3 is 5.11 Å². The molecule has 0 radical (unpaired) electrons. The largest absolute Gasteiger partial charge is 0.480 e. The fourth-order valence-corrected chi connectivity index (χ4v) is 1.09. The van der Waals surface area contributed by atoms with Crippen LogP contribution in [0.25, 0.3) is 0 Å². The SMILES string of the molecule is C[C@]1(C(=O)O)C[C@H](F)CN1. The lowest BCUT2D eigenvalue weighted by atomic mass is 10.0. The highest BCUT2D eigenvalue weighted by Gasteiger charge is 2.41. The van der Waals surface area contributed by atoms with Crippen molar-refractivity contribution in [1.29, 1.82) is 0 Å². The van der Waals surface area contributed by atoms with Crippen LogP contribution in [0, 0.1) is 0 Å². The van der Waals surface area contributed by atoms with E-state index in [0.29, 0.717) is 0 Å². The van der Waals surface area contributed by atoms with Crippen LogP contribution in [-0.4, -0.2) is 29.3 Å². The van der Waals surface area contributed by atoms with Gasteiger partial charge in [-0.1, -0.05) is 0 Å². The lowest BCUT2D eigenvalue weighted by molar-refractivity contribution is -0.143. The number of carboxylic acids is 1. The molecule has 4 heteroatoms. The van der Waals surface area contributed by atoms with Crippen molar-refractivity contribution in [2.75, 3.05) is 6.54 Å². The predicted octanol–water partition coefficient (Wildman–Crippen LogP) is 0.161. The molecule has 1 aliphatic heterocycles. The molecule has 2 N–H and O–H groups in total. The quantitative estimate of drug-likeness (QED) is 0.555. The topological polar surface area (TPSA) is 49.3 Å². The zero-order valence-electron chi connectivity index (χ0n) is 5.72. The molecule has 0 amide bonds. The van der Waals surface area contributed by atoms with Crippen LogP contribution in [0.15, 0.2) is 0 Å². The Labute approximate surface area is 58.2 Å². The smallest absolute Gasteiger partial charge is 0.323 e. The fraction of sp³-hybridized carbons (Fsp3) is 0.833. The Morgan fingerprint density at radius 1 is 1.90 bits per heavy atom. The second kappa shape index (κ2) is 2.20. The molecule has 0 spiro atoms. The maximum atomic E-state index is 12.5. The molecular formula is C6H10FNO2. The summed E-state index contributed by atoms with van der Waals surface area (Å²) >= 11 is 0. The van der Waals surface area contributed by atoms with Gasteiger partial charge in [0.2, 0.25) is 0 Å². The highest BCUT2D eigenvalue weighted by molar-refractivity contribution is 5.78. The number of rotatable bonds is 1. The van der Waals surface area contributed by atoms with E-state index in [1.807, 2.05) is 0 Å². The van der Waals surface area contributed by atoms with Gasteiger partial charge in [-0.15, -0.1) is 0 Å². The standard InChI is InChI=1S/C6H10FNO2/c1-6(5(9)10)2-4(7)3-8-6/h4,8H,2-3H2,1H3,(H,9,10)/t4-,6+/m0/s1. The fourth-order valence-electron chi connectivity index (χ4n) is 1.09. The van der Waals surface area contributed by atoms with Crippen LogP contribution in [0.4, 0.5) is 4.39 Å². The summed E-state index contributed by atoms with van der Waals surface area (Å²) in [6, 6.07) is 0. The van der Waals surface area contributed by atoms with Crippen molar-refractivity contribution in [3.05, 3.63) is 0 Å². The van der Waals surface area contributed by atoms with Gasteiger partial charge in [0.05, 0.1) is 0 Å². The zero-order chi connectivity index (χ0) is 7.78. The van der Waals surface area contributed by atoms with Crippen LogP contribution >= 0.6 is 0 Å². The van der Waals surface area contributed by atoms with Gasteiger partial charge in [-0.25, -0.2) is 4.39 Å². The Kier molecular flexibility index (Phi) is 1.64. The van der Waals surface area contributed by atoms with Crippen molar-refractivity contribution in [3.63, 3.8) is 0 Å². The first kappa shape index (κ1) is 7.47. The molecule has 0 bridgehead atoms. The summed E-state index contributed by atoms with van der Waals surface area (Å²) in [6.45, 7) is 1.65. The molecule has 0 saturated carbocycles. The summed E-state index contributed by atoms with van der Waals surface area (Å²) < 4.78 is 12.5. The Hall–Kier alpha value is -0.640. The van der Waals surface area contributed by atoms with Gasteiger partial charge in [-0.05, 0) is 6.92 Å². The number of aliphatic carboxylic acids is 1. The van der Waals surface area contributed by atoms with Crippen molar-refractivity contribution in [3.8, 4) is 0 Å². The number of alkyl halides is 1. The molecular weight excluding hydrogens is 137 g/mol. The highest BCUT2D eigenvalue weighted by Crippen LogP contribution is 2.20. The molecule has 0 aliphatic carbocycles. The van der Waals surface area contributed by atoms with E-state index in [1.54, 1.807) is 0 Å². The summed E-state index contributed by atoms with van der Waals surface area (Å²) in [5, 5.41) is 11.2. The van der Waals surface area contributed by atoms with E-state index in [4.69, 9.17) is 5.11 Å². The maximum absolute atomic E-state index is 12.5. The molecule has 0 aromatic rings. The molecule has 1 rings (SSSR count). The van der Waals surface area contributed by atoms with Gasteiger partial charge in [0.25, 0.3) is 0 Å². The van der Waals surface area contributed by atoms with Gasteiger partial charge in [0.15, 0.2) is 0 Å². The van der Waals surface area contributed by atoms with Crippen LogP contribution in [0.3, 0.4) is 0 Å². The molecule has 2 atom stereocenters. The molecule has 1 heterocycles. The summed E-state index contributed by atoms with van der Waals surface area (Å²) in [7, 11) is 0. The number of halogens is 1. The summed E-state index contributed by atoms with van der Waals surface area (Å²) in [4.78, 5) is 10.4. The third kappa shape index (κ3) is 1.11. The molecule has 0 aromatic heterocycles. The van der Waals surface area contributed by atoms with Crippen molar-refractivity contribution in [2.24, 2.45) is 0 Å². The van der Waals surface area contributed by atoms with Crippen LogP contribution in [0.1, 0.15) is 13.3 Å². The molecule has 1 fully saturated rings. The van der Waals surface area contributed by atoms with E-state index < -0.39 is 17.7 Å². The van der Waals surface area contributed by atoms with Crippen LogP contribution < -0.4 is 5.32 Å². The minimum atomic E-state index is -1.04. The Bertz CT molecular complexity index is 162. The second-order valence-electron chi connectivity index (χ2n) is 2.82. The molecule has 0 unspecified atom stereocenters. The van der Waals surface area contributed by atoms with E-state index in [9.17, 15) is 9.18 Å². The van der Waals surface area contributed by atoms with E-state index in [2.05, 4.69) is 5.32 Å². The lowest BCUT2D eigenvalue weighted by Crippen LogP contribution is -2.44. The summed E-state index contributed by atoms with van der Waals surface area (Å²) in [5.41, 5.74) is -1.04. The Morgan fingerprint density at radius 3 is 2.70 bits per heavy atom. The Morgan fingerprint density at radius 2 is 2.50 bits per heavy atom. The number of carbonyl (C=O) groups is 1. The molecule has 58 valence electrons. The van der Waals surface area contributed by atoms with Crippen molar-refractivity contribution in [2.45, 2.75) is 25.1 Å². The second-order valence-corrected chi connectivity index (χ2v) is 2.82. The van der Waals surface area contributed by atoms with E-state index in [0.717, 1.165) is 0 Å². The first-order chi connectivity index (χ1) is 4.54. The number of hydrogen-bond donors (Lipinski definition) is 2. The van der Waals surface area contributed by atoms with Gasteiger partial charge in [-0.2, -0.15) is 0 Å². The predicted molar refractivity (Wildman–Crippen MR) is 33.6 cm³/mol. The van der Waals surface area contributed by atoms with Crippen molar-refractivity contribution < 1.29 is 14.3 Å². The van der Waals surface area contributed by atoms with Gasteiger partial charge in [-0.3, -0.25) is 10.1 Å². The van der Waals surface area contributed by atoms with Gasteiger partial charge in [0.1, 0.15) is 11.7 Å². The average molecular weight is 147 g/mol. The minimum absolute atomic E-state index is 0.0718. The summed E-state index contributed by atoms with van der Waals surface area (Å²) in [5.74, 6) is -0.979. The minimum Gasteiger partial charge on any atom is -0.480 e. The maximum Gasteiger partial charge on any atom is 0.323 e.